The third-order valence-electron chi connectivity index (χ3n) is 3.22. The highest BCUT2D eigenvalue weighted by Gasteiger charge is 2.09. The van der Waals surface area contributed by atoms with Crippen LogP contribution in [0.4, 0.5) is 5.69 Å². The summed E-state index contributed by atoms with van der Waals surface area (Å²) in [4.78, 5) is 12.0. The molecule has 2 aromatic rings. The van der Waals surface area contributed by atoms with Crippen LogP contribution < -0.4 is 14.8 Å². The van der Waals surface area contributed by atoms with E-state index < -0.39 is 0 Å². The van der Waals surface area contributed by atoms with Gasteiger partial charge in [-0.05, 0) is 30.2 Å². The van der Waals surface area contributed by atoms with E-state index in [2.05, 4.69) is 5.32 Å². The number of aryl methyl sites for hydroxylation is 1. The van der Waals surface area contributed by atoms with Crippen LogP contribution in [0.15, 0.2) is 48.5 Å². The molecule has 0 aromatic heterocycles. The number of nitrogens with one attached hydrogen (secondary N) is 1. The first kappa shape index (κ1) is 15.6. The summed E-state index contributed by atoms with van der Waals surface area (Å²) in [5.41, 5.74) is 2.57. The Balaban J connectivity index is 2.13. The van der Waals surface area contributed by atoms with Gasteiger partial charge in [-0.25, -0.2) is 0 Å². The fourth-order valence-corrected chi connectivity index (χ4v) is 2.03. The average Bonchev–Trinajstić information content (AvgIpc) is 2.55. The van der Waals surface area contributed by atoms with Crippen molar-refractivity contribution in [3.8, 4) is 11.5 Å². The Morgan fingerprint density at radius 2 is 1.68 bits per heavy atom. The first-order valence-corrected chi connectivity index (χ1v) is 6.90. The van der Waals surface area contributed by atoms with Crippen LogP contribution in [-0.2, 0) is 4.79 Å². The standard InChI is InChI=1S/C18H19NO3/c1-13-11-16(21-2)17(22-3)12-15(13)19-18(20)10-9-14-7-5-4-6-8-14/h4-12H,1-3H3,(H,19,20). The largest absolute Gasteiger partial charge is 0.493 e. The molecule has 2 aromatic carbocycles. The molecular formula is C18H19NO3. The number of hydrogen-bond donors (Lipinski definition) is 1. The van der Waals surface area contributed by atoms with E-state index in [1.807, 2.05) is 43.3 Å². The van der Waals surface area contributed by atoms with Gasteiger partial charge in [-0.15, -0.1) is 0 Å². The number of carbonyl (C=O) groups is 1. The molecule has 0 fully saturated rings. The summed E-state index contributed by atoms with van der Waals surface area (Å²) in [7, 11) is 3.15. The van der Waals surface area contributed by atoms with Crippen molar-refractivity contribution in [2.75, 3.05) is 19.5 Å². The van der Waals surface area contributed by atoms with Gasteiger partial charge in [0, 0.05) is 17.8 Å². The highest BCUT2D eigenvalue weighted by atomic mass is 16.5. The molecule has 0 atom stereocenters. The Kier molecular flexibility index (Phi) is 5.20. The molecule has 0 spiro atoms. The van der Waals surface area contributed by atoms with Gasteiger partial charge in [-0.1, -0.05) is 30.3 Å². The monoisotopic (exact) mass is 297 g/mol. The van der Waals surface area contributed by atoms with Crippen molar-refractivity contribution in [2.24, 2.45) is 0 Å². The molecule has 0 aliphatic rings. The zero-order chi connectivity index (χ0) is 15.9. The van der Waals surface area contributed by atoms with E-state index in [1.54, 1.807) is 26.4 Å². The molecule has 0 saturated heterocycles. The summed E-state index contributed by atoms with van der Waals surface area (Å²) in [6, 6.07) is 13.2. The number of amides is 1. The summed E-state index contributed by atoms with van der Waals surface area (Å²) in [6.07, 6.45) is 3.27. The lowest BCUT2D eigenvalue weighted by molar-refractivity contribution is -0.111. The maximum Gasteiger partial charge on any atom is 0.248 e. The molecule has 0 saturated carbocycles. The van der Waals surface area contributed by atoms with Crippen molar-refractivity contribution in [3.05, 3.63) is 59.7 Å². The van der Waals surface area contributed by atoms with Crippen LogP contribution in [0.25, 0.3) is 6.08 Å². The SMILES string of the molecule is COc1cc(C)c(NC(=O)C=Cc2ccccc2)cc1OC. The molecule has 0 unspecified atom stereocenters. The summed E-state index contributed by atoms with van der Waals surface area (Å²) >= 11 is 0. The van der Waals surface area contributed by atoms with E-state index in [0.717, 1.165) is 11.1 Å². The molecule has 114 valence electrons. The third-order valence-corrected chi connectivity index (χ3v) is 3.22. The second-order valence-electron chi connectivity index (χ2n) is 4.76. The zero-order valence-corrected chi connectivity index (χ0v) is 12.9. The summed E-state index contributed by atoms with van der Waals surface area (Å²) in [5.74, 6) is 1.02. The molecule has 0 aliphatic carbocycles. The Morgan fingerprint density at radius 3 is 2.32 bits per heavy atom. The molecule has 1 N–H and O–H groups in total. The van der Waals surface area contributed by atoms with E-state index in [-0.39, 0.29) is 5.91 Å². The van der Waals surface area contributed by atoms with Crippen LogP contribution in [0.2, 0.25) is 0 Å². The van der Waals surface area contributed by atoms with Gasteiger partial charge < -0.3 is 14.8 Å². The molecule has 0 radical (unpaired) electrons. The van der Waals surface area contributed by atoms with Gasteiger partial charge in [-0.3, -0.25) is 4.79 Å². The van der Waals surface area contributed by atoms with E-state index >= 15 is 0 Å². The van der Waals surface area contributed by atoms with Crippen LogP contribution in [0.1, 0.15) is 11.1 Å². The van der Waals surface area contributed by atoms with Crippen LogP contribution in [0.3, 0.4) is 0 Å². The molecule has 0 bridgehead atoms. The van der Waals surface area contributed by atoms with Crippen molar-refractivity contribution in [1.82, 2.24) is 0 Å². The van der Waals surface area contributed by atoms with Crippen molar-refractivity contribution in [2.45, 2.75) is 6.92 Å². The van der Waals surface area contributed by atoms with Crippen molar-refractivity contribution in [3.63, 3.8) is 0 Å². The highest BCUT2D eigenvalue weighted by molar-refractivity contribution is 6.02. The number of rotatable bonds is 5. The first-order valence-electron chi connectivity index (χ1n) is 6.90. The number of hydrogen-bond acceptors (Lipinski definition) is 3. The summed E-state index contributed by atoms with van der Waals surface area (Å²) in [5, 5.41) is 2.85. The van der Waals surface area contributed by atoms with Gasteiger partial charge in [-0.2, -0.15) is 0 Å². The fourth-order valence-electron chi connectivity index (χ4n) is 2.03. The third kappa shape index (κ3) is 3.88. The van der Waals surface area contributed by atoms with Gasteiger partial charge >= 0.3 is 0 Å². The molecule has 4 nitrogen and oxygen atoms in total. The van der Waals surface area contributed by atoms with Gasteiger partial charge in [0.1, 0.15) is 0 Å². The maximum absolute atomic E-state index is 12.0. The Bertz CT molecular complexity index is 678. The van der Waals surface area contributed by atoms with Crippen LogP contribution in [0, 0.1) is 6.92 Å². The first-order chi connectivity index (χ1) is 10.6. The molecule has 4 heteroatoms. The number of anilines is 1. The average molecular weight is 297 g/mol. The van der Waals surface area contributed by atoms with Gasteiger partial charge in [0.2, 0.25) is 5.91 Å². The Hall–Kier alpha value is -2.75. The Labute approximate surface area is 130 Å². The topological polar surface area (TPSA) is 47.6 Å². The second-order valence-corrected chi connectivity index (χ2v) is 4.76. The van der Waals surface area contributed by atoms with E-state index in [4.69, 9.17) is 9.47 Å². The number of ether oxygens (including phenoxy) is 2. The van der Waals surface area contributed by atoms with Crippen molar-refractivity contribution >= 4 is 17.7 Å². The van der Waals surface area contributed by atoms with Crippen molar-refractivity contribution in [1.29, 1.82) is 0 Å². The normalized spacial score (nSPS) is 10.5. The maximum atomic E-state index is 12.0. The van der Waals surface area contributed by atoms with Gasteiger partial charge in [0.25, 0.3) is 0 Å². The smallest absolute Gasteiger partial charge is 0.248 e. The predicted molar refractivity (Wildman–Crippen MR) is 88.4 cm³/mol. The fraction of sp³-hybridized carbons (Fsp3) is 0.167. The zero-order valence-electron chi connectivity index (χ0n) is 12.9. The van der Waals surface area contributed by atoms with E-state index in [1.165, 1.54) is 6.08 Å². The quantitative estimate of drug-likeness (QED) is 0.857. The number of methoxy groups -OCH3 is 2. The molecule has 2 rings (SSSR count). The van der Waals surface area contributed by atoms with E-state index in [9.17, 15) is 4.79 Å². The lowest BCUT2D eigenvalue weighted by Crippen LogP contribution is -2.09. The molecular weight excluding hydrogens is 278 g/mol. The van der Waals surface area contributed by atoms with E-state index in [0.29, 0.717) is 17.2 Å². The Morgan fingerprint density at radius 1 is 1.05 bits per heavy atom. The van der Waals surface area contributed by atoms with Crippen LogP contribution >= 0.6 is 0 Å². The molecule has 0 heterocycles. The lowest BCUT2D eigenvalue weighted by Gasteiger charge is -2.12. The van der Waals surface area contributed by atoms with Crippen molar-refractivity contribution < 1.29 is 14.3 Å². The van der Waals surface area contributed by atoms with Gasteiger partial charge in [0.05, 0.1) is 14.2 Å². The minimum absolute atomic E-state index is 0.195. The van der Waals surface area contributed by atoms with Gasteiger partial charge in [0.15, 0.2) is 11.5 Å². The second kappa shape index (κ2) is 7.31. The minimum Gasteiger partial charge on any atom is -0.493 e. The number of benzene rings is 2. The van der Waals surface area contributed by atoms with Crippen LogP contribution in [-0.4, -0.2) is 20.1 Å². The van der Waals surface area contributed by atoms with Crippen LogP contribution in [0.5, 0.6) is 11.5 Å². The minimum atomic E-state index is -0.195. The number of carbonyl (C=O) groups excluding carboxylic acids is 1. The summed E-state index contributed by atoms with van der Waals surface area (Å²) in [6.45, 7) is 1.90. The summed E-state index contributed by atoms with van der Waals surface area (Å²) < 4.78 is 10.5. The predicted octanol–water partition coefficient (Wildman–Crippen LogP) is 3.66. The molecule has 0 aliphatic heterocycles. The lowest BCUT2D eigenvalue weighted by atomic mass is 10.1. The highest BCUT2D eigenvalue weighted by Crippen LogP contribution is 2.32. The molecule has 22 heavy (non-hydrogen) atoms. The molecule has 1 amide bonds.